The Labute approximate surface area is 101 Å². The Morgan fingerprint density at radius 1 is 1.20 bits per heavy atom. The normalized spacial score (nSPS) is 10.6. The molecule has 0 saturated carbocycles. The Morgan fingerprint density at radius 2 is 2.00 bits per heavy atom. The summed E-state index contributed by atoms with van der Waals surface area (Å²) in [6.45, 7) is 2.46. The van der Waals surface area contributed by atoms with E-state index < -0.39 is 0 Å². The molecule has 0 aliphatic heterocycles. The van der Waals surface area contributed by atoms with Crippen molar-refractivity contribution in [3.63, 3.8) is 0 Å². The summed E-state index contributed by atoms with van der Waals surface area (Å²) in [4.78, 5) is 0. The number of halogens is 2. The quantitative estimate of drug-likeness (QED) is 0.758. The van der Waals surface area contributed by atoms with Crippen molar-refractivity contribution < 1.29 is 0 Å². The molecule has 3 N–H and O–H groups in total. The van der Waals surface area contributed by atoms with Gasteiger partial charge in [0.2, 0.25) is 0 Å². The Balaban J connectivity index is 2.33. The fourth-order valence-electron chi connectivity index (χ4n) is 1.30. The zero-order valence-electron chi connectivity index (χ0n) is 8.60. The van der Waals surface area contributed by atoms with Gasteiger partial charge in [0.1, 0.15) is 0 Å². The highest BCUT2D eigenvalue weighted by Crippen LogP contribution is 2.20. The van der Waals surface area contributed by atoms with E-state index in [1.54, 1.807) is 6.07 Å². The van der Waals surface area contributed by atoms with Crippen LogP contribution >= 0.6 is 23.2 Å². The molecule has 0 aliphatic carbocycles. The van der Waals surface area contributed by atoms with Crippen LogP contribution < -0.4 is 11.1 Å². The summed E-state index contributed by atoms with van der Waals surface area (Å²) >= 11 is 11.9. The lowest BCUT2D eigenvalue weighted by Gasteiger charge is -2.06. The van der Waals surface area contributed by atoms with Crippen LogP contribution in [0.25, 0.3) is 0 Å². The van der Waals surface area contributed by atoms with Crippen molar-refractivity contribution in [3.8, 4) is 0 Å². The molecule has 1 rings (SSSR count). The minimum Gasteiger partial charge on any atom is -0.330 e. The highest BCUT2D eigenvalue weighted by Gasteiger charge is 2.00. The van der Waals surface area contributed by atoms with Crippen LogP contribution in [0.15, 0.2) is 18.2 Å². The topological polar surface area (TPSA) is 38.0 Å². The average molecular weight is 247 g/mol. The van der Waals surface area contributed by atoms with Crippen molar-refractivity contribution in [1.29, 1.82) is 0 Å². The fraction of sp³-hybridized carbons (Fsp3) is 0.455. The maximum absolute atomic E-state index is 6.02. The zero-order valence-corrected chi connectivity index (χ0v) is 10.1. The molecule has 0 fully saturated rings. The molecule has 0 amide bonds. The van der Waals surface area contributed by atoms with Gasteiger partial charge in [-0.3, -0.25) is 0 Å². The van der Waals surface area contributed by atoms with Crippen LogP contribution in [0.2, 0.25) is 10.0 Å². The maximum Gasteiger partial charge on any atom is 0.0451 e. The first-order valence-electron chi connectivity index (χ1n) is 5.08. The molecular weight excluding hydrogens is 231 g/mol. The first kappa shape index (κ1) is 12.8. The van der Waals surface area contributed by atoms with Crippen molar-refractivity contribution in [1.82, 2.24) is 5.32 Å². The third kappa shape index (κ3) is 4.85. The summed E-state index contributed by atoms with van der Waals surface area (Å²) in [5.74, 6) is 0. The van der Waals surface area contributed by atoms with Gasteiger partial charge in [-0.05, 0) is 49.7 Å². The Bertz CT molecular complexity index is 303. The molecule has 0 unspecified atom stereocenters. The largest absolute Gasteiger partial charge is 0.330 e. The lowest BCUT2D eigenvalue weighted by Crippen LogP contribution is -2.16. The van der Waals surface area contributed by atoms with Crippen LogP contribution in [0, 0.1) is 0 Å². The molecule has 0 radical (unpaired) electrons. The summed E-state index contributed by atoms with van der Waals surface area (Å²) in [6, 6.07) is 5.50. The predicted molar refractivity (Wildman–Crippen MR) is 66.5 cm³/mol. The van der Waals surface area contributed by atoms with Gasteiger partial charge in [0.25, 0.3) is 0 Å². The molecule has 0 aliphatic rings. The SMILES string of the molecule is NCCCCNCc1cc(Cl)ccc1Cl. The molecule has 0 saturated heterocycles. The van der Waals surface area contributed by atoms with Gasteiger partial charge in [0.05, 0.1) is 0 Å². The number of unbranched alkanes of at least 4 members (excludes halogenated alkanes) is 1. The van der Waals surface area contributed by atoms with Gasteiger partial charge in [-0.15, -0.1) is 0 Å². The Kier molecular flexibility index (Phi) is 6.03. The summed E-state index contributed by atoms with van der Waals surface area (Å²) in [5.41, 5.74) is 6.44. The van der Waals surface area contributed by atoms with E-state index in [1.165, 1.54) is 0 Å². The maximum atomic E-state index is 6.02. The van der Waals surface area contributed by atoms with Gasteiger partial charge in [-0.1, -0.05) is 23.2 Å². The number of nitrogens with two attached hydrogens (primary N) is 1. The molecule has 2 nitrogen and oxygen atoms in total. The average Bonchev–Trinajstić information content (AvgIpc) is 2.23. The molecule has 0 bridgehead atoms. The van der Waals surface area contributed by atoms with E-state index >= 15 is 0 Å². The number of rotatable bonds is 6. The van der Waals surface area contributed by atoms with E-state index in [-0.39, 0.29) is 0 Å². The van der Waals surface area contributed by atoms with Gasteiger partial charge in [0, 0.05) is 16.6 Å². The monoisotopic (exact) mass is 246 g/mol. The third-order valence-electron chi connectivity index (χ3n) is 2.13. The molecule has 0 atom stereocenters. The van der Waals surface area contributed by atoms with Gasteiger partial charge in [-0.2, -0.15) is 0 Å². The van der Waals surface area contributed by atoms with E-state index in [0.29, 0.717) is 0 Å². The number of benzene rings is 1. The lowest BCUT2D eigenvalue weighted by molar-refractivity contribution is 0.627. The number of nitrogens with one attached hydrogen (secondary N) is 1. The van der Waals surface area contributed by atoms with Crippen molar-refractivity contribution in [2.45, 2.75) is 19.4 Å². The first-order valence-corrected chi connectivity index (χ1v) is 5.84. The van der Waals surface area contributed by atoms with Gasteiger partial charge in [-0.25, -0.2) is 0 Å². The van der Waals surface area contributed by atoms with Crippen LogP contribution in [-0.4, -0.2) is 13.1 Å². The van der Waals surface area contributed by atoms with E-state index in [0.717, 1.165) is 48.1 Å². The first-order chi connectivity index (χ1) is 7.24. The molecule has 0 aromatic heterocycles. The standard InChI is InChI=1S/C11H16Cl2N2/c12-10-3-4-11(13)9(7-10)8-15-6-2-1-5-14/h3-4,7,15H,1-2,5-6,8,14H2. The second-order valence-corrected chi connectivity index (χ2v) is 4.25. The fourth-order valence-corrected chi connectivity index (χ4v) is 1.68. The molecular formula is C11H16Cl2N2. The smallest absolute Gasteiger partial charge is 0.0451 e. The molecule has 15 heavy (non-hydrogen) atoms. The molecule has 84 valence electrons. The van der Waals surface area contributed by atoms with Gasteiger partial charge < -0.3 is 11.1 Å². The van der Waals surface area contributed by atoms with Gasteiger partial charge >= 0.3 is 0 Å². The van der Waals surface area contributed by atoms with Crippen LogP contribution in [-0.2, 0) is 6.54 Å². The van der Waals surface area contributed by atoms with Crippen LogP contribution in [0.3, 0.4) is 0 Å². The van der Waals surface area contributed by atoms with E-state index in [9.17, 15) is 0 Å². The van der Waals surface area contributed by atoms with Crippen molar-refractivity contribution in [2.24, 2.45) is 5.73 Å². The molecule has 4 heteroatoms. The van der Waals surface area contributed by atoms with Crippen LogP contribution in [0.1, 0.15) is 18.4 Å². The van der Waals surface area contributed by atoms with E-state index in [1.807, 2.05) is 12.1 Å². The molecule has 1 aromatic carbocycles. The Hall–Kier alpha value is -0.280. The summed E-state index contributed by atoms with van der Waals surface area (Å²) in [7, 11) is 0. The summed E-state index contributed by atoms with van der Waals surface area (Å²) in [5, 5.41) is 4.78. The number of hydrogen-bond acceptors (Lipinski definition) is 2. The number of hydrogen-bond donors (Lipinski definition) is 2. The highest BCUT2D eigenvalue weighted by molar-refractivity contribution is 6.33. The van der Waals surface area contributed by atoms with Crippen molar-refractivity contribution in [2.75, 3.05) is 13.1 Å². The van der Waals surface area contributed by atoms with E-state index in [2.05, 4.69) is 5.32 Å². The summed E-state index contributed by atoms with van der Waals surface area (Å²) in [6.07, 6.45) is 2.14. The van der Waals surface area contributed by atoms with Gasteiger partial charge in [0.15, 0.2) is 0 Å². The van der Waals surface area contributed by atoms with Crippen molar-refractivity contribution in [3.05, 3.63) is 33.8 Å². The molecule has 1 aromatic rings. The van der Waals surface area contributed by atoms with Crippen LogP contribution in [0.5, 0.6) is 0 Å². The van der Waals surface area contributed by atoms with Crippen LogP contribution in [0.4, 0.5) is 0 Å². The third-order valence-corrected chi connectivity index (χ3v) is 2.73. The lowest BCUT2D eigenvalue weighted by atomic mass is 10.2. The highest BCUT2D eigenvalue weighted by atomic mass is 35.5. The molecule has 0 heterocycles. The van der Waals surface area contributed by atoms with Crippen molar-refractivity contribution >= 4 is 23.2 Å². The second-order valence-electron chi connectivity index (χ2n) is 3.41. The Morgan fingerprint density at radius 3 is 2.73 bits per heavy atom. The van der Waals surface area contributed by atoms with E-state index in [4.69, 9.17) is 28.9 Å². The minimum absolute atomic E-state index is 0.721. The minimum atomic E-state index is 0.721. The molecule has 0 spiro atoms. The summed E-state index contributed by atoms with van der Waals surface area (Å²) < 4.78 is 0. The predicted octanol–water partition coefficient (Wildman–Crippen LogP) is 2.82. The second kappa shape index (κ2) is 7.07. The zero-order chi connectivity index (χ0) is 11.1.